The van der Waals surface area contributed by atoms with Crippen molar-refractivity contribution >= 4 is 0 Å². The molecule has 0 aliphatic heterocycles. The molecule has 0 radical (unpaired) electrons. The summed E-state index contributed by atoms with van der Waals surface area (Å²) < 4.78 is 0. The van der Waals surface area contributed by atoms with E-state index in [1.807, 2.05) is 0 Å². The molecule has 2 saturated carbocycles. The van der Waals surface area contributed by atoms with Crippen LogP contribution in [0.15, 0.2) is 24.3 Å². The first-order valence-corrected chi connectivity index (χ1v) is 4.78. The lowest BCUT2D eigenvalue weighted by molar-refractivity contribution is 0.0316. The van der Waals surface area contributed by atoms with Gasteiger partial charge in [-0.1, -0.05) is 24.3 Å². The first kappa shape index (κ1) is 5.18. The van der Waals surface area contributed by atoms with E-state index in [1.54, 1.807) is 0 Å². The molecular weight excluding hydrogens is 132 g/mol. The van der Waals surface area contributed by atoms with E-state index in [-0.39, 0.29) is 0 Å². The van der Waals surface area contributed by atoms with E-state index in [9.17, 15) is 0 Å². The predicted octanol–water partition coefficient (Wildman–Crippen LogP) is 2.38. The van der Waals surface area contributed by atoms with Crippen molar-refractivity contribution in [1.29, 1.82) is 0 Å². The lowest BCUT2D eigenvalue weighted by Crippen LogP contribution is -2.44. The highest BCUT2D eigenvalue weighted by Crippen LogP contribution is 2.79. The van der Waals surface area contributed by atoms with Crippen LogP contribution < -0.4 is 0 Å². The number of hydrogen-bond donors (Lipinski definition) is 0. The predicted molar refractivity (Wildman–Crippen MR) is 43.9 cm³/mol. The molecule has 0 bridgehead atoms. The van der Waals surface area contributed by atoms with Gasteiger partial charge in [-0.3, -0.25) is 0 Å². The quantitative estimate of drug-likeness (QED) is 0.458. The fourth-order valence-electron chi connectivity index (χ4n) is 4.05. The first-order valence-electron chi connectivity index (χ1n) is 4.78. The van der Waals surface area contributed by atoms with Gasteiger partial charge in [-0.2, -0.15) is 0 Å². The average molecular weight is 144 g/mol. The van der Waals surface area contributed by atoms with Crippen molar-refractivity contribution in [2.24, 2.45) is 29.1 Å². The molecule has 0 heterocycles. The van der Waals surface area contributed by atoms with Gasteiger partial charge in [-0.25, -0.2) is 0 Å². The Balaban J connectivity index is 1.86. The van der Waals surface area contributed by atoms with Crippen LogP contribution in [0.5, 0.6) is 0 Å². The van der Waals surface area contributed by atoms with Gasteiger partial charge in [0.25, 0.3) is 0 Å². The van der Waals surface area contributed by atoms with Crippen LogP contribution in [0.2, 0.25) is 0 Å². The summed E-state index contributed by atoms with van der Waals surface area (Å²) in [5.41, 5.74) is 0.828. The second-order valence-corrected chi connectivity index (χ2v) is 4.68. The van der Waals surface area contributed by atoms with Gasteiger partial charge in [0.05, 0.1) is 0 Å². The topological polar surface area (TPSA) is 0 Å². The SMILES string of the molecule is C1=CC2C3C=CC4CC43C2C1. The highest BCUT2D eigenvalue weighted by molar-refractivity contribution is 5.38. The maximum absolute atomic E-state index is 2.49. The molecule has 5 unspecified atom stereocenters. The molecule has 11 heavy (non-hydrogen) atoms. The Morgan fingerprint density at radius 3 is 3.09 bits per heavy atom. The van der Waals surface area contributed by atoms with Crippen molar-refractivity contribution in [2.45, 2.75) is 12.8 Å². The summed E-state index contributed by atoms with van der Waals surface area (Å²) in [7, 11) is 0. The molecule has 5 atom stereocenters. The van der Waals surface area contributed by atoms with Crippen molar-refractivity contribution in [3.63, 3.8) is 0 Å². The van der Waals surface area contributed by atoms with Crippen LogP contribution >= 0.6 is 0 Å². The lowest BCUT2D eigenvalue weighted by atomic mass is 9.56. The Hall–Kier alpha value is -0.520. The van der Waals surface area contributed by atoms with Crippen molar-refractivity contribution < 1.29 is 0 Å². The summed E-state index contributed by atoms with van der Waals surface area (Å²) in [6, 6.07) is 0. The van der Waals surface area contributed by atoms with Crippen molar-refractivity contribution in [3.05, 3.63) is 24.3 Å². The Morgan fingerprint density at radius 1 is 1.18 bits per heavy atom. The maximum Gasteiger partial charge on any atom is -0.0102 e. The number of hydrogen-bond acceptors (Lipinski definition) is 0. The van der Waals surface area contributed by atoms with Gasteiger partial charge in [0.2, 0.25) is 0 Å². The van der Waals surface area contributed by atoms with Crippen LogP contribution in [0.4, 0.5) is 0 Å². The van der Waals surface area contributed by atoms with Crippen LogP contribution in [0, 0.1) is 29.1 Å². The standard InChI is InChI=1S/C11H12/c1-2-8-9(3-1)11-6-7(11)4-5-10(8)11/h1-2,4-5,7-10H,3,6H2. The van der Waals surface area contributed by atoms with E-state index in [0.29, 0.717) is 0 Å². The number of rotatable bonds is 0. The zero-order valence-electron chi connectivity index (χ0n) is 6.53. The molecule has 4 aliphatic carbocycles. The summed E-state index contributed by atoms with van der Waals surface area (Å²) in [6.07, 6.45) is 12.8. The second-order valence-electron chi connectivity index (χ2n) is 4.68. The minimum atomic E-state index is 0.828. The third-order valence-electron chi connectivity index (χ3n) is 4.59. The van der Waals surface area contributed by atoms with Gasteiger partial charge in [-0.05, 0) is 41.9 Å². The monoisotopic (exact) mass is 144 g/mol. The lowest BCUT2D eigenvalue weighted by Gasteiger charge is -2.47. The van der Waals surface area contributed by atoms with Gasteiger partial charge >= 0.3 is 0 Å². The minimum absolute atomic E-state index is 0.828. The molecule has 0 N–H and O–H groups in total. The largest absolute Gasteiger partial charge is 0.0879 e. The van der Waals surface area contributed by atoms with Crippen molar-refractivity contribution in [2.75, 3.05) is 0 Å². The Morgan fingerprint density at radius 2 is 2.18 bits per heavy atom. The Labute approximate surface area is 67.0 Å². The summed E-state index contributed by atoms with van der Waals surface area (Å²) in [4.78, 5) is 0. The van der Waals surface area contributed by atoms with E-state index in [0.717, 1.165) is 29.1 Å². The second kappa shape index (κ2) is 1.24. The fraction of sp³-hybridized carbons (Fsp3) is 0.636. The van der Waals surface area contributed by atoms with Crippen molar-refractivity contribution in [1.82, 2.24) is 0 Å². The number of allylic oxidation sites excluding steroid dienone is 4. The zero-order valence-corrected chi connectivity index (χ0v) is 6.53. The molecule has 4 rings (SSSR count). The highest BCUT2D eigenvalue weighted by Gasteiger charge is 2.73. The molecule has 0 saturated heterocycles. The molecule has 0 nitrogen and oxygen atoms in total. The molecular formula is C11H12. The maximum atomic E-state index is 2.49. The van der Waals surface area contributed by atoms with Crippen LogP contribution in [0.25, 0.3) is 0 Å². The van der Waals surface area contributed by atoms with E-state index >= 15 is 0 Å². The van der Waals surface area contributed by atoms with Crippen LogP contribution in [-0.2, 0) is 0 Å². The molecule has 56 valence electrons. The van der Waals surface area contributed by atoms with Gasteiger partial charge in [0.1, 0.15) is 0 Å². The van der Waals surface area contributed by atoms with Crippen molar-refractivity contribution in [3.8, 4) is 0 Å². The average Bonchev–Trinajstić information content (AvgIpc) is 2.50. The van der Waals surface area contributed by atoms with Crippen LogP contribution in [0.1, 0.15) is 12.8 Å². The molecule has 4 aliphatic rings. The summed E-state index contributed by atoms with van der Waals surface area (Å²) in [5, 5.41) is 0. The molecule has 0 aromatic carbocycles. The molecule has 0 aromatic rings. The van der Waals surface area contributed by atoms with E-state index in [1.165, 1.54) is 12.8 Å². The first-order chi connectivity index (χ1) is 5.43. The molecule has 1 spiro atoms. The summed E-state index contributed by atoms with van der Waals surface area (Å²) in [6.45, 7) is 0. The fourth-order valence-corrected chi connectivity index (χ4v) is 4.05. The third kappa shape index (κ3) is 0.340. The van der Waals surface area contributed by atoms with E-state index < -0.39 is 0 Å². The highest BCUT2D eigenvalue weighted by atomic mass is 14.8. The van der Waals surface area contributed by atoms with Gasteiger partial charge in [0, 0.05) is 0 Å². The molecule has 2 fully saturated rings. The van der Waals surface area contributed by atoms with E-state index in [2.05, 4.69) is 24.3 Å². The zero-order chi connectivity index (χ0) is 7.05. The normalized spacial score (nSPS) is 66.9. The molecule has 0 aromatic heterocycles. The van der Waals surface area contributed by atoms with Gasteiger partial charge in [0.15, 0.2) is 0 Å². The third-order valence-corrected chi connectivity index (χ3v) is 4.59. The Kier molecular flexibility index (Phi) is 0.583. The summed E-state index contributed by atoms with van der Waals surface area (Å²) in [5.74, 6) is 4.00. The van der Waals surface area contributed by atoms with E-state index in [4.69, 9.17) is 0 Å². The Bertz CT molecular complexity index is 286. The summed E-state index contributed by atoms with van der Waals surface area (Å²) >= 11 is 0. The van der Waals surface area contributed by atoms with Crippen LogP contribution in [0.3, 0.4) is 0 Å². The molecule has 0 heteroatoms. The van der Waals surface area contributed by atoms with Crippen LogP contribution in [-0.4, -0.2) is 0 Å². The minimum Gasteiger partial charge on any atom is -0.0879 e. The van der Waals surface area contributed by atoms with Gasteiger partial charge in [-0.15, -0.1) is 0 Å². The number of fused-ring (bicyclic) bond motifs is 2. The molecule has 0 amide bonds. The van der Waals surface area contributed by atoms with Gasteiger partial charge < -0.3 is 0 Å². The smallest absolute Gasteiger partial charge is 0.0102 e.